The molecule has 0 bridgehead atoms. The smallest absolute Gasteiger partial charge is 0.274 e. The van der Waals surface area contributed by atoms with Crippen molar-refractivity contribution in [2.24, 2.45) is 5.41 Å². The quantitative estimate of drug-likeness (QED) is 0.666. The highest BCUT2D eigenvalue weighted by molar-refractivity contribution is 5.40. The van der Waals surface area contributed by atoms with Gasteiger partial charge >= 0.3 is 0 Å². The van der Waals surface area contributed by atoms with Crippen molar-refractivity contribution < 1.29 is 14.1 Å². The van der Waals surface area contributed by atoms with Gasteiger partial charge in [-0.1, -0.05) is 13.8 Å². The van der Waals surface area contributed by atoms with Gasteiger partial charge in [-0.3, -0.25) is 10.1 Å². The van der Waals surface area contributed by atoms with Gasteiger partial charge in [-0.25, -0.2) is 4.39 Å². The van der Waals surface area contributed by atoms with E-state index in [0.29, 0.717) is 5.56 Å². The monoisotopic (exact) mass is 282 g/mol. The van der Waals surface area contributed by atoms with Gasteiger partial charge < -0.3 is 10.1 Å². The first kappa shape index (κ1) is 14.9. The Kier molecular flexibility index (Phi) is 4.06. The third-order valence-electron chi connectivity index (χ3n) is 4.24. The molecule has 1 aromatic carbocycles. The fourth-order valence-corrected chi connectivity index (χ4v) is 2.74. The minimum Gasteiger partial charge on any atom is -0.381 e. The number of hydrogen-bond donors (Lipinski definition) is 1. The summed E-state index contributed by atoms with van der Waals surface area (Å²) in [5.41, 5.74) is 0.280. The molecule has 0 radical (unpaired) electrons. The van der Waals surface area contributed by atoms with E-state index >= 15 is 0 Å². The van der Waals surface area contributed by atoms with E-state index < -0.39 is 10.7 Å². The molecule has 0 heterocycles. The summed E-state index contributed by atoms with van der Waals surface area (Å²) in [4.78, 5) is 10.4. The summed E-state index contributed by atoms with van der Waals surface area (Å²) in [6.45, 7) is 4.45. The second-order valence-electron chi connectivity index (χ2n) is 5.75. The number of nitro benzene ring substituents is 1. The van der Waals surface area contributed by atoms with Crippen LogP contribution < -0.4 is 5.32 Å². The third kappa shape index (κ3) is 2.66. The van der Waals surface area contributed by atoms with Gasteiger partial charge in [0.05, 0.1) is 11.0 Å². The average molecular weight is 282 g/mol. The molecule has 0 spiro atoms. The number of nitrogens with zero attached hydrogens (tertiary/aromatic N) is 1. The van der Waals surface area contributed by atoms with Crippen LogP contribution >= 0.6 is 0 Å². The first-order valence-corrected chi connectivity index (χ1v) is 6.55. The number of methoxy groups -OCH3 is 1. The van der Waals surface area contributed by atoms with E-state index in [9.17, 15) is 14.5 Å². The topological polar surface area (TPSA) is 64.4 Å². The van der Waals surface area contributed by atoms with Gasteiger partial charge in [0, 0.05) is 36.7 Å². The standard InChI is InChI=1S/C14H19FN2O3/c1-14(2)12(7-13(14)20-3)16-8-9-6-10(15)4-5-11(9)17(18)19/h4-6,12-13,16H,7-8H2,1-3H3. The van der Waals surface area contributed by atoms with E-state index in [0.717, 1.165) is 12.5 Å². The van der Waals surface area contributed by atoms with Gasteiger partial charge in [-0.15, -0.1) is 0 Å². The minimum atomic E-state index is -0.486. The van der Waals surface area contributed by atoms with E-state index in [2.05, 4.69) is 19.2 Å². The van der Waals surface area contributed by atoms with Crippen LogP contribution in [0.1, 0.15) is 25.8 Å². The maximum atomic E-state index is 13.2. The molecular weight excluding hydrogens is 263 g/mol. The zero-order valence-electron chi connectivity index (χ0n) is 11.9. The summed E-state index contributed by atoms with van der Waals surface area (Å²) in [7, 11) is 1.68. The predicted molar refractivity (Wildman–Crippen MR) is 72.9 cm³/mol. The van der Waals surface area contributed by atoms with E-state index in [-0.39, 0.29) is 29.8 Å². The van der Waals surface area contributed by atoms with Crippen LogP contribution in [0.15, 0.2) is 18.2 Å². The Labute approximate surface area is 117 Å². The second kappa shape index (κ2) is 5.46. The van der Waals surface area contributed by atoms with Gasteiger partial charge in [-0.2, -0.15) is 0 Å². The highest BCUT2D eigenvalue weighted by Gasteiger charge is 2.48. The molecule has 1 aliphatic rings. The van der Waals surface area contributed by atoms with Crippen LogP contribution in [0.25, 0.3) is 0 Å². The summed E-state index contributed by atoms with van der Waals surface area (Å²) in [5.74, 6) is -0.463. The number of halogens is 1. The molecule has 0 saturated heterocycles. The predicted octanol–water partition coefficient (Wildman–Crippen LogP) is 2.64. The van der Waals surface area contributed by atoms with Crippen LogP contribution in [0.2, 0.25) is 0 Å². The van der Waals surface area contributed by atoms with Gasteiger partial charge in [0.25, 0.3) is 5.69 Å². The number of ether oxygens (including phenoxy) is 1. The van der Waals surface area contributed by atoms with Gasteiger partial charge in [-0.05, 0) is 18.6 Å². The molecular formula is C14H19FN2O3. The number of nitrogens with one attached hydrogen (secondary N) is 1. The molecule has 1 aliphatic carbocycles. The number of nitro groups is 1. The Hall–Kier alpha value is -1.53. The first-order valence-electron chi connectivity index (χ1n) is 6.55. The molecule has 1 fully saturated rings. The Bertz CT molecular complexity index is 519. The summed E-state index contributed by atoms with van der Waals surface area (Å²) in [5, 5.41) is 14.2. The molecule has 0 amide bonds. The highest BCUT2D eigenvalue weighted by atomic mass is 19.1. The highest BCUT2D eigenvalue weighted by Crippen LogP contribution is 2.42. The summed E-state index contributed by atoms with van der Waals surface area (Å²) in [6, 6.07) is 3.73. The average Bonchev–Trinajstić information content (AvgIpc) is 2.37. The molecule has 20 heavy (non-hydrogen) atoms. The maximum Gasteiger partial charge on any atom is 0.274 e. The van der Waals surface area contributed by atoms with E-state index in [1.54, 1.807) is 7.11 Å². The van der Waals surface area contributed by atoms with Crippen molar-refractivity contribution >= 4 is 5.69 Å². The lowest BCUT2D eigenvalue weighted by Crippen LogP contribution is -2.60. The molecule has 1 saturated carbocycles. The molecule has 0 aliphatic heterocycles. The van der Waals surface area contributed by atoms with E-state index in [4.69, 9.17) is 4.74 Å². The van der Waals surface area contributed by atoms with Crippen molar-refractivity contribution in [2.45, 2.75) is 39.0 Å². The maximum absolute atomic E-state index is 13.2. The lowest BCUT2D eigenvalue weighted by Gasteiger charge is -2.51. The van der Waals surface area contributed by atoms with Crippen LogP contribution in [-0.4, -0.2) is 24.2 Å². The largest absolute Gasteiger partial charge is 0.381 e. The van der Waals surface area contributed by atoms with Crippen molar-refractivity contribution in [3.63, 3.8) is 0 Å². The lowest BCUT2D eigenvalue weighted by molar-refractivity contribution is -0.385. The molecule has 2 unspecified atom stereocenters. The number of rotatable bonds is 5. The fraction of sp³-hybridized carbons (Fsp3) is 0.571. The van der Waals surface area contributed by atoms with Gasteiger partial charge in [0.1, 0.15) is 5.82 Å². The Morgan fingerprint density at radius 3 is 2.80 bits per heavy atom. The number of hydrogen-bond acceptors (Lipinski definition) is 4. The zero-order chi connectivity index (χ0) is 14.9. The molecule has 2 rings (SSSR count). The van der Waals surface area contributed by atoms with Crippen molar-refractivity contribution in [1.29, 1.82) is 0 Å². The van der Waals surface area contributed by atoms with Crippen LogP contribution in [0, 0.1) is 21.3 Å². The molecule has 6 heteroatoms. The Morgan fingerprint density at radius 2 is 2.25 bits per heavy atom. The summed E-state index contributed by atoms with van der Waals surface area (Å²) < 4.78 is 18.6. The van der Waals surface area contributed by atoms with Crippen LogP contribution in [0.4, 0.5) is 10.1 Å². The van der Waals surface area contributed by atoms with Crippen LogP contribution in [0.3, 0.4) is 0 Å². The lowest BCUT2D eigenvalue weighted by atomic mass is 9.64. The molecule has 0 aromatic heterocycles. The molecule has 5 nitrogen and oxygen atoms in total. The summed E-state index contributed by atoms with van der Waals surface area (Å²) >= 11 is 0. The second-order valence-corrected chi connectivity index (χ2v) is 5.75. The Balaban J connectivity index is 2.05. The molecule has 1 aromatic rings. The Morgan fingerprint density at radius 1 is 1.55 bits per heavy atom. The van der Waals surface area contributed by atoms with E-state index in [1.807, 2.05) is 0 Å². The van der Waals surface area contributed by atoms with E-state index in [1.165, 1.54) is 12.1 Å². The first-order chi connectivity index (χ1) is 9.36. The normalized spacial score (nSPS) is 24.2. The molecule has 1 N–H and O–H groups in total. The van der Waals surface area contributed by atoms with Gasteiger partial charge in [0.2, 0.25) is 0 Å². The summed E-state index contributed by atoms with van der Waals surface area (Å²) in [6.07, 6.45) is 1.04. The van der Waals surface area contributed by atoms with Crippen molar-refractivity contribution in [2.75, 3.05) is 7.11 Å². The van der Waals surface area contributed by atoms with Gasteiger partial charge in [0.15, 0.2) is 0 Å². The molecule has 2 atom stereocenters. The third-order valence-corrected chi connectivity index (χ3v) is 4.24. The molecule has 110 valence electrons. The van der Waals surface area contributed by atoms with Crippen molar-refractivity contribution in [3.05, 3.63) is 39.7 Å². The van der Waals surface area contributed by atoms with Crippen LogP contribution in [0.5, 0.6) is 0 Å². The number of benzene rings is 1. The SMILES string of the molecule is COC1CC(NCc2cc(F)ccc2[N+](=O)[O-])C1(C)C. The van der Waals surface area contributed by atoms with Crippen molar-refractivity contribution in [1.82, 2.24) is 5.32 Å². The van der Waals surface area contributed by atoms with Crippen molar-refractivity contribution in [3.8, 4) is 0 Å². The minimum absolute atomic E-state index is 0.0309. The van der Waals surface area contributed by atoms with Crippen LogP contribution in [-0.2, 0) is 11.3 Å². The fourth-order valence-electron chi connectivity index (χ4n) is 2.74. The zero-order valence-corrected chi connectivity index (χ0v) is 11.9.